The molecule has 0 aromatic heterocycles. The predicted octanol–water partition coefficient (Wildman–Crippen LogP) is 3.87. The minimum atomic E-state index is -2.25. The lowest BCUT2D eigenvalue weighted by atomic mass is 9.75. The minimum absolute atomic E-state index is 0.00196. The fourth-order valence-electron chi connectivity index (χ4n) is 15.5. The second kappa shape index (κ2) is 51.1. The number of hydrogen-bond donors (Lipinski definition) is 14. The molecule has 44 heteroatoms. The number of amides is 9. The Bertz CT molecular complexity index is 4580. The van der Waals surface area contributed by atoms with Crippen molar-refractivity contribution in [1.82, 2.24) is 41.9 Å². The highest BCUT2D eigenvalue weighted by molar-refractivity contribution is 14.1. The Morgan fingerprint density at radius 1 is 0.788 bits per heavy atom. The standard InChI is InChI=1S/C88H126IN11O29S3/c1-18-100(86(114)122-42-50-29-31-51(32-30-50)94-78(108)54(27-25-36-92-84(91)112)95-80(110)66(44(2)3)96-79(109)53(93-49(8)101)26-22-24-35-90)55-43-121-61(39-59(55)116-13)127-75-70(106)67(98-129-62-38-56(102)77(48(7)123-62)131-81(111)63-45(4)65(89)73(76(119-16)72(63)117-14)128-82-71(107)74(118-15)69(105)47(6)125-82)46(5)124-83(75)126-58-28-21-19-20-23-34-88(115)40-57(103)68(97-85(113)120-17)64(58)52(88)33-37-130-132-87(9,10)41-60(104)99(11)12/h19-20,29-33,44,46-48,53-56,58-59,61-62,66-67,69-71,74-75,77,82-83,98,102,105-107,115H,18,22,24-27,35-43,90H2,1-17H3,(H,93,101)(H,94,108)(H,95,110)(H,96,109)(H,97,113)(H3,91,92,112)/b20-19-,52-33+/t46-,47+,48-,53+,54+,55+,56+,58+,59+,61+,62+,66+,67-,69+,70+,71-,74-,75-,77-,82+,83+,88+/m1/s1. The van der Waals surface area contributed by atoms with Crippen molar-refractivity contribution < 1.29 is 140 Å². The zero-order valence-corrected chi connectivity index (χ0v) is 81.6. The first-order valence-corrected chi connectivity index (χ1v) is 47.5. The zero-order valence-electron chi connectivity index (χ0n) is 77.0. The molecule has 8 rings (SSSR count). The monoisotopic (exact) mass is 2020 g/mol. The summed E-state index contributed by atoms with van der Waals surface area (Å²) in [6.45, 7) is 16.6. The van der Waals surface area contributed by atoms with Crippen molar-refractivity contribution in [2.75, 3.05) is 87.0 Å². The summed E-state index contributed by atoms with van der Waals surface area (Å²) in [5.74, 6) is 7.86. The Morgan fingerprint density at radius 3 is 2.10 bits per heavy atom. The third-order valence-electron chi connectivity index (χ3n) is 22.6. The van der Waals surface area contributed by atoms with Gasteiger partial charge >= 0.3 is 18.2 Å². The maximum absolute atomic E-state index is 14.7. The van der Waals surface area contributed by atoms with Crippen LogP contribution in [0.15, 0.2) is 59.3 Å². The number of nitrogens with zero attached hydrogens (tertiary/aromatic N) is 2. The van der Waals surface area contributed by atoms with E-state index < -0.39 is 203 Å². The minimum Gasteiger partial charge on any atom is -0.492 e. The first-order valence-electron chi connectivity index (χ1n) is 43.2. The van der Waals surface area contributed by atoms with Crippen molar-refractivity contribution in [1.29, 1.82) is 0 Å². The van der Waals surface area contributed by atoms with Crippen molar-refractivity contribution in [2.45, 2.75) is 272 Å². The molecular formula is C88H126IN11O29S3. The second-order valence-electron chi connectivity index (χ2n) is 33.3. The summed E-state index contributed by atoms with van der Waals surface area (Å²) in [5, 5.41) is 74.0. The molecule has 0 unspecified atom stereocenters. The number of allylic oxidation sites excluding steroid dienone is 3. The van der Waals surface area contributed by atoms with E-state index in [1.54, 1.807) is 92.9 Å². The lowest BCUT2D eigenvalue weighted by Gasteiger charge is -2.47. The van der Waals surface area contributed by atoms with Crippen LogP contribution in [0.5, 0.6) is 17.2 Å². The van der Waals surface area contributed by atoms with Crippen molar-refractivity contribution in [2.24, 2.45) is 17.4 Å². The average molecular weight is 2030 g/mol. The highest BCUT2D eigenvalue weighted by Gasteiger charge is 2.53. The van der Waals surface area contributed by atoms with Crippen LogP contribution >= 0.6 is 55.9 Å². The normalized spacial score (nSPS) is 27.7. The van der Waals surface area contributed by atoms with Crippen molar-refractivity contribution >= 4 is 120 Å². The number of nitrogens with one attached hydrogen (secondary N) is 7. The number of hydroxylamine groups is 1. The van der Waals surface area contributed by atoms with Crippen LogP contribution in [-0.2, 0) is 87.6 Å². The van der Waals surface area contributed by atoms with E-state index in [-0.39, 0.29) is 122 Å². The number of alkyl carbamates (subject to hydrolysis) is 1. The van der Waals surface area contributed by atoms with Crippen LogP contribution in [0.3, 0.4) is 0 Å². The third-order valence-corrected chi connectivity index (χ3v) is 28.4. The maximum Gasteiger partial charge on any atom is 0.411 e. The van der Waals surface area contributed by atoms with E-state index in [0.717, 1.165) is 18.9 Å². The summed E-state index contributed by atoms with van der Waals surface area (Å²) in [4.78, 5) is 144. The Hall–Kier alpha value is -8.18. The second-order valence-corrected chi connectivity index (χ2v) is 38.6. The number of fused-ring (bicyclic) bond motifs is 2. The van der Waals surface area contributed by atoms with Crippen molar-refractivity contribution in [3.8, 4) is 40.9 Å². The Labute approximate surface area is 793 Å². The van der Waals surface area contributed by atoms with Crippen LogP contribution in [0.4, 0.5) is 20.1 Å². The molecule has 0 saturated carbocycles. The number of nitrogens with two attached hydrogens (primary N) is 2. The number of carbonyl (C=O) groups is 10. The molecular weight excluding hydrogens is 1900 g/mol. The highest BCUT2D eigenvalue weighted by atomic mass is 127. The highest BCUT2D eigenvalue weighted by Crippen LogP contribution is 2.50. The van der Waals surface area contributed by atoms with Gasteiger partial charge in [-0.05, 0) is 151 Å². The molecule has 2 aliphatic carbocycles. The number of rotatable bonds is 42. The number of unbranched alkanes of at least 4 members (excludes halogenated alkanes) is 1. The zero-order chi connectivity index (χ0) is 97.3. The summed E-state index contributed by atoms with van der Waals surface area (Å²) in [6, 6.07) is 0.113. The van der Waals surface area contributed by atoms with E-state index in [2.05, 4.69) is 61.1 Å². The van der Waals surface area contributed by atoms with E-state index in [9.17, 15) is 73.5 Å². The summed E-state index contributed by atoms with van der Waals surface area (Å²) in [6.07, 6.45) is -16.2. The largest absolute Gasteiger partial charge is 0.492 e. The molecule has 4 saturated heterocycles. The molecule has 2 aromatic carbocycles. The van der Waals surface area contributed by atoms with Crippen LogP contribution in [0.25, 0.3) is 0 Å². The van der Waals surface area contributed by atoms with Crippen LogP contribution in [0.1, 0.15) is 142 Å². The summed E-state index contributed by atoms with van der Waals surface area (Å²) in [7, 11) is 12.5. The number of likely N-dealkylation sites (N-methyl/N-ethyl adjacent to an activating group) is 1. The van der Waals surface area contributed by atoms with Crippen molar-refractivity contribution in [3.63, 3.8) is 0 Å². The number of benzene rings is 2. The number of thioether (sulfide) groups is 1. The number of aliphatic hydroxyl groups excluding tert-OH is 4. The van der Waals surface area contributed by atoms with E-state index in [1.165, 1.54) is 78.9 Å². The average Bonchev–Trinajstić information content (AvgIpc) is 0.748. The number of urea groups is 1. The van der Waals surface area contributed by atoms with Gasteiger partial charge in [0.25, 0.3) is 0 Å². The maximum atomic E-state index is 14.7. The number of ketones is 1. The summed E-state index contributed by atoms with van der Waals surface area (Å²) in [5.41, 5.74) is 12.3. The smallest absolute Gasteiger partial charge is 0.411 e. The van der Waals surface area contributed by atoms with E-state index in [1.807, 2.05) is 36.4 Å². The molecule has 0 radical (unpaired) electrons. The Kier molecular flexibility index (Phi) is 42.3. The van der Waals surface area contributed by atoms with Crippen LogP contribution < -0.4 is 63.1 Å². The van der Waals surface area contributed by atoms with Crippen LogP contribution in [0, 0.1) is 40.1 Å². The molecule has 2 bridgehead atoms. The Balaban J connectivity index is 1.02. The van der Waals surface area contributed by atoms with Gasteiger partial charge < -0.3 is 135 Å². The Morgan fingerprint density at radius 2 is 1.47 bits per heavy atom. The first-order chi connectivity index (χ1) is 62.6. The molecule has 22 atom stereocenters. The molecule has 4 heterocycles. The molecule has 40 nitrogen and oxygen atoms in total. The molecule has 4 fully saturated rings. The van der Waals surface area contributed by atoms with Gasteiger partial charge in [-0.15, -0.1) is 0 Å². The van der Waals surface area contributed by atoms with Gasteiger partial charge in [0.05, 0.1) is 97.0 Å². The fourth-order valence-corrected chi connectivity index (χ4v) is 19.6. The molecule has 0 spiro atoms. The molecule has 132 heavy (non-hydrogen) atoms. The summed E-state index contributed by atoms with van der Waals surface area (Å²) < 4.78 is 79.2. The lowest BCUT2D eigenvalue weighted by molar-refractivity contribution is -0.337. The van der Waals surface area contributed by atoms with E-state index in [4.69, 9.17) is 77.9 Å². The number of hydrogen-bond acceptors (Lipinski definition) is 34. The van der Waals surface area contributed by atoms with Gasteiger partial charge in [0.2, 0.25) is 46.7 Å². The SMILES string of the molecule is CCN(C(=O)OCc1ccc(NC(=O)[C@H](CCCNC(N)=O)NC(=O)[C@@H](NC(=O)[C@H](CCCCN)NC(C)=O)C(C)C)cc1)[C@H]1CO[C@@H](O[C@H]2[C@H](O[C@H]3C#C/C=C\C#C[C@]4(O)CC(=O)C(NC(=O)OC)=C3/C4=C\CSSC(C)(C)CC(=O)N(C)C)O[C@H](C)[C@@H](NO[C@H]3C[C@H](O)[C@H](SC(=O)c4c(C)c(I)c(O[C@@H]5O[C@@H](C)[C@H](O)[C@@H](OC)[C@H]5O)c(OC)c4OC)[C@@H](C)O3)[C@@H]2O)C[C@@H]1OC. The van der Waals surface area contributed by atoms with E-state index in [0.29, 0.717) is 34.1 Å². The number of methoxy groups -OCH3 is 5. The number of ether oxygens (including phenoxy) is 13. The van der Waals surface area contributed by atoms with Gasteiger partial charge in [-0.1, -0.05) is 89.1 Å². The van der Waals surface area contributed by atoms with Gasteiger partial charge in [0, 0.05) is 94.9 Å². The topological polar surface area (TPSA) is 544 Å². The molecule has 2 aromatic rings. The lowest BCUT2D eigenvalue weighted by Crippen LogP contribution is -2.65. The number of primary amides is 1. The number of carbonyl (C=O) groups excluding carboxylic acids is 10. The summed E-state index contributed by atoms with van der Waals surface area (Å²) >= 11 is 2.74. The molecule has 732 valence electrons. The molecule has 4 aliphatic heterocycles. The van der Waals surface area contributed by atoms with E-state index >= 15 is 0 Å². The number of aliphatic hydroxyl groups is 5. The number of halogens is 1. The van der Waals surface area contributed by atoms with Crippen LogP contribution in [0.2, 0.25) is 0 Å². The fraction of sp³-hybridized carbons (Fsp3) is 0.636. The molecule has 9 amide bonds. The third kappa shape index (κ3) is 29.2. The van der Waals surface area contributed by atoms with Gasteiger partial charge in [0.1, 0.15) is 61.4 Å². The first kappa shape index (κ1) is 109. The van der Waals surface area contributed by atoms with Gasteiger partial charge in [-0.25, -0.2) is 14.4 Å². The molecule has 6 aliphatic rings. The number of anilines is 1. The van der Waals surface area contributed by atoms with Crippen molar-refractivity contribution in [3.05, 3.63) is 79.6 Å². The van der Waals surface area contributed by atoms with Gasteiger partial charge in [-0.3, -0.25) is 43.7 Å². The van der Waals surface area contributed by atoms with Gasteiger partial charge in [-0.2, -0.15) is 5.48 Å². The predicted molar refractivity (Wildman–Crippen MR) is 494 cm³/mol. The van der Waals surface area contributed by atoms with Crippen LogP contribution in [-0.4, -0.2) is 314 Å². The van der Waals surface area contributed by atoms with Gasteiger partial charge in [0.15, 0.2) is 41.8 Å². The quantitative estimate of drug-likeness (QED) is 0.0147. The molecule has 16 N–H and O–H groups in total. The number of Topliss-reactive ketones (excluding diaryl/α,β-unsaturated/α-hetero) is 1.